The zero-order valence-electron chi connectivity index (χ0n) is 10.0. The van der Waals surface area contributed by atoms with E-state index in [1.54, 1.807) is 6.20 Å². The summed E-state index contributed by atoms with van der Waals surface area (Å²) in [4.78, 5) is 14.6. The van der Waals surface area contributed by atoms with Gasteiger partial charge in [0.1, 0.15) is 22.4 Å². The minimum absolute atomic E-state index is 0.444. The van der Waals surface area contributed by atoms with Crippen molar-refractivity contribution in [1.29, 1.82) is 0 Å². The number of nitrogens with zero attached hydrogens (tertiary/aromatic N) is 4. The van der Waals surface area contributed by atoms with E-state index in [4.69, 9.17) is 5.73 Å². The topological polar surface area (TPSA) is 67.9 Å². The van der Waals surface area contributed by atoms with E-state index >= 15 is 0 Å². The fourth-order valence-corrected chi connectivity index (χ4v) is 2.07. The van der Waals surface area contributed by atoms with Crippen molar-refractivity contribution in [3.05, 3.63) is 40.9 Å². The Balaban J connectivity index is 2.26. The Kier molecular flexibility index (Phi) is 4.09. The van der Waals surface area contributed by atoms with Crippen molar-refractivity contribution in [1.82, 2.24) is 15.0 Å². The molecule has 0 spiro atoms. The molecule has 0 saturated heterocycles. The van der Waals surface area contributed by atoms with Gasteiger partial charge in [-0.3, -0.25) is 4.98 Å². The van der Waals surface area contributed by atoms with Crippen LogP contribution in [0.5, 0.6) is 0 Å². The number of rotatable bonds is 4. The summed E-state index contributed by atoms with van der Waals surface area (Å²) < 4.78 is 0.725. The van der Waals surface area contributed by atoms with E-state index in [0.29, 0.717) is 12.4 Å². The lowest BCUT2D eigenvalue weighted by atomic mass is 10.3. The molecule has 0 unspecified atom stereocenters. The molecule has 0 aliphatic rings. The molecule has 2 heterocycles. The van der Waals surface area contributed by atoms with Gasteiger partial charge in [-0.1, -0.05) is 6.07 Å². The minimum Gasteiger partial charge on any atom is -0.383 e. The summed E-state index contributed by atoms with van der Waals surface area (Å²) in [5.74, 6) is 1.23. The molecule has 5 nitrogen and oxygen atoms in total. The van der Waals surface area contributed by atoms with Gasteiger partial charge in [0.05, 0.1) is 12.2 Å². The fourth-order valence-electron chi connectivity index (χ4n) is 1.62. The van der Waals surface area contributed by atoms with Crippen LogP contribution in [0.15, 0.2) is 35.2 Å². The highest BCUT2D eigenvalue weighted by Gasteiger charge is 2.13. The van der Waals surface area contributed by atoms with Gasteiger partial charge in [0.15, 0.2) is 0 Å². The van der Waals surface area contributed by atoms with Crippen LogP contribution in [0.2, 0.25) is 0 Å². The van der Waals surface area contributed by atoms with Crippen LogP contribution >= 0.6 is 15.9 Å². The van der Waals surface area contributed by atoms with E-state index in [1.165, 1.54) is 6.33 Å². The Hall–Kier alpha value is -1.69. The average molecular weight is 308 g/mol. The summed E-state index contributed by atoms with van der Waals surface area (Å²) in [6.07, 6.45) is 3.25. The van der Waals surface area contributed by atoms with Crippen molar-refractivity contribution in [2.75, 3.05) is 17.2 Å². The number of nitrogens with two attached hydrogens (primary N) is 1. The summed E-state index contributed by atoms with van der Waals surface area (Å²) in [6.45, 7) is 3.56. The zero-order valence-corrected chi connectivity index (χ0v) is 11.6. The number of nitrogen functional groups attached to an aromatic ring is 1. The second kappa shape index (κ2) is 5.77. The third kappa shape index (κ3) is 2.76. The Labute approximate surface area is 114 Å². The highest BCUT2D eigenvalue weighted by molar-refractivity contribution is 9.10. The van der Waals surface area contributed by atoms with E-state index in [2.05, 4.69) is 42.7 Å². The first-order valence-electron chi connectivity index (χ1n) is 5.63. The van der Waals surface area contributed by atoms with Gasteiger partial charge in [0, 0.05) is 12.7 Å². The molecule has 18 heavy (non-hydrogen) atoms. The van der Waals surface area contributed by atoms with Gasteiger partial charge in [0.2, 0.25) is 0 Å². The second-order valence-electron chi connectivity index (χ2n) is 3.73. The molecule has 0 atom stereocenters. The third-order valence-corrected chi connectivity index (χ3v) is 3.32. The maximum absolute atomic E-state index is 5.77. The Morgan fingerprint density at radius 3 is 2.78 bits per heavy atom. The van der Waals surface area contributed by atoms with Gasteiger partial charge in [0.25, 0.3) is 0 Å². The summed E-state index contributed by atoms with van der Waals surface area (Å²) in [7, 11) is 0. The van der Waals surface area contributed by atoms with Gasteiger partial charge < -0.3 is 10.6 Å². The lowest BCUT2D eigenvalue weighted by Gasteiger charge is -2.22. The highest BCUT2D eigenvalue weighted by atomic mass is 79.9. The average Bonchev–Trinajstić information content (AvgIpc) is 2.41. The van der Waals surface area contributed by atoms with Gasteiger partial charge >= 0.3 is 0 Å². The molecule has 0 amide bonds. The van der Waals surface area contributed by atoms with Crippen molar-refractivity contribution in [2.45, 2.75) is 13.5 Å². The molecule has 0 saturated carbocycles. The van der Waals surface area contributed by atoms with E-state index < -0.39 is 0 Å². The van der Waals surface area contributed by atoms with E-state index in [0.717, 1.165) is 22.5 Å². The van der Waals surface area contributed by atoms with Crippen LogP contribution in [0, 0.1) is 0 Å². The first-order valence-corrected chi connectivity index (χ1v) is 6.42. The van der Waals surface area contributed by atoms with Crippen molar-refractivity contribution < 1.29 is 0 Å². The molecule has 0 radical (unpaired) electrons. The second-order valence-corrected chi connectivity index (χ2v) is 4.52. The maximum Gasteiger partial charge on any atom is 0.148 e. The number of pyridine rings is 1. The van der Waals surface area contributed by atoms with E-state index in [9.17, 15) is 0 Å². The van der Waals surface area contributed by atoms with Gasteiger partial charge in [-0.05, 0) is 35.0 Å². The molecular weight excluding hydrogens is 294 g/mol. The van der Waals surface area contributed by atoms with Gasteiger partial charge in [-0.15, -0.1) is 0 Å². The number of anilines is 2. The van der Waals surface area contributed by atoms with Crippen molar-refractivity contribution >= 4 is 27.6 Å². The van der Waals surface area contributed by atoms with E-state index in [1.807, 2.05) is 18.2 Å². The summed E-state index contributed by atoms with van der Waals surface area (Å²) >= 11 is 3.42. The van der Waals surface area contributed by atoms with Gasteiger partial charge in [-0.2, -0.15) is 0 Å². The molecule has 6 heteroatoms. The molecule has 0 bridgehead atoms. The zero-order chi connectivity index (χ0) is 13.0. The molecular formula is C12H14BrN5. The first kappa shape index (κ1) is 12.8. The molecule has 94 valence electrons. The van der Waals surface area contributed by atoms with Crippen LogP contribution in [0.25, 0.3) is 0 Å². The molecule has 0 aliphatic carbocycles. The predicted molar refractivity (Wildman–Crippen MR) is 75.1 cm³/mol. The standard InChI is InChI=1S/C12H14BrN5/c1-2-18(7-9-5-3-4-6-15-9)12-10(13)11(14)16-8-17-12/h3-6,8H,2,7H2,1H3,(H2,14,16,17). The van der Waals surface area contributed by atoms with Crippen molar-refractivity contribution in [3.63, 3.8) is 0 Å². The molecule has 0 fully saturated rings. The van der Waals surface area contributed by atoms with Crippen LogP contribution in [0.1, 0.15) is 12.6 Å². The number of aromatic nitrogens is 3. The van der Waals surface area contributed by atoms with E-state index in [-0.39, 0.29) is 0 Å². The first-order chi connectivity index (χ1) is 8.72. The SMILES string of the molecule is CCN(Cc1ccccn1)c1ncnc(N)c1Br. The summed E-state index contributed by atoms with van der Waals surface area (Å²) in [5, 5.41) is 0. The summed E-state index contributed by atoms with van der Waals surface area (Å²) in [5.41, 5.74) is 6.76. The smallest absolute Gasteiger partial charge is 0.148 e. The fraction of sp³-hybridized carbons (Fsp3) is 0.250. The van der Waals surface area contributed by atoms with Gasteiger partial charge in [-0.25, -0.2) is 9.97 Å². The Bertz CT molecular complexity index is 517. The van der Waals surface area contributed by atoms with Crippen LogP contribution in [-0.4, -0.2) is 21.5 Å². The number of halogens is 1. The lowest BCUT2D eigenvalue weighted by molar-refractivity contribution is 0.788. The Morgan fingerprint density at radius 2 is 2.11 bits per heavy atom. The van der Waals surface area contributed by atoms with Crippen LogP contribution in [0.4, 0.5) is 11.6 Å². The molecule has 2 aromatic heterocycles. The van der Waals surface area contributed by atoms with Crippen LogP contribution in [0.3, 0.4) is 0 Å². The number of hydrogen-bond acceptors (Lipinski definition) is 5. The molecule has 2 N–H and O–H groups in total. The normalized spacial score (nSPS) is 10.3. The van der Waals surface area contributed by atoms with Crippen molar-refractivity contribution in [2.24, 2.45) is 0 Å². The lowest BCUT2D eigenvalue weighted by Crippen LogP contribution is -2.24. The molecule has 0 aromatic carbocycles. The third-order valence-electron chi connectivity index (χ3n) is 2.56. The molecule has 2 rings (SSSR count). The summed E-state index contributed by atoms with van der Waals surface area (Å²) in [6, 6.07) is 5.86. The maximum atomic E-state index is 5.77. The quantitative estimate of drug-likeness (QED) is 0.938. The number of hydrogen-bond donors (Lipinski definition) is 1. The Morgan fingerprint density at radius 1 is 1.28 bits per heavy atom. The van der Waals surface area contributed by atoms with Crippen LogP contribution in [-0.2, 0) is 6.54 Å². The molecule has 2 aromatic rings. The molecule has 0 aliphatic heterocycles. The largest absolute Gasteiger partial charge is 0.383 e. The minimum atomic E-state index is 0.444. The monoisotopic (exact) mass is 307 g/mol. The predicted octanol–water partition coefficient (Wildman–Crippen LogP) is 2.24. The highest BCUT2D eigenvalue weighted by Crippen LogP contribution is 2.28. The van der Waals surface area contributed by atoms with Crippen LogP contribution < -0.4 is 10.6 Å². The van der Waals surface area contributed by atoms with Crippen molar-refractivity contribution in [3.8, 4) is 0 Å².